The van der Waals surface area contributed by atoms with Crippen molar-refractivity contribution < 1.29 is 31.5 Å². The summed E-state index contributed by atoms with van der Waals surface area (Å²) in [4.78, 5) is 29.5. The molecule has 0 radical (unpaired) electrons. The van der Waals surface area contributed by atoms with Gasteiger partial charge >= 0.3 is 12.2 Å². The molecule has 0 spiro atoms. The van der Waals surface area contributed by atoms with Crippen molar-refractivity contribution in [2.45, 2.75) is 62.8 Å². The SMILES string of the molecule is C[C@H](c1ccnc(NC(=O)[C@@H](N)C2CCC(F)(F)CC2)c1)N1C[C@@H](C(F)(F)F)NC1=O. The van der Waals surface area contributed by atoms with Gasteiger partial charge in [0.25, 0.3) is 0 Å². The molecule has 1 aliphatic heterocycles. The van der Waals surface area contributed by atoms with E-state index in [9.17, 15) is 31.5 Å². The molecule has 3 atom stereocenters. The first-order valence-electron chi connectivity index (χ1n) is 9.91. The number of nitrogens with two attached hydrogens (primary N) is 1. The van der Waals surface area contributed by atoms with E-state index in [-0.39, 0.29) is 37.4 Å². The molecule has 1 aromatic rings. The molecule has 2 heterocycles. The second-order valence-corrected chi connectivity index (χ2v) is 8.05. The lowest BCUT2D eigenvalue weighted by Crippen LogP contribution is -2.44. The van der Waals surface area contributed by atoms with Crippen LogP contribution in [0.3, 0.4) is 0 Å². The van der Waals surface area contributed by atoms with E-state index >= 15 is 0 Å². The number of pyridine rings is 1. The molecule has 1 saturated carbocycles. The monoisotopic (exact) mass is 449 g/mol. The average molecular weight is 449 g/mol. The Morgan fingerprint density at radius 2 is 2.00 bits per heavy atom. The van der Waals surface area contributed by atoms with E-state index in [1.54, 1.807) is 6.92 Å². The normalized spacial score (nSPS) is 23.9. The summed E-state index contributed by atoms with van der Waals surface area (Å²) in [5.41, 5.74) is 6.41. The number of rotatable bonds is 5. The van der Waals surface area contributed by atoms with Crippen LogP contribution >= 0.6 is 0 Å². The number of anilines is 1. The van der Waals surface area contributed by atoms with Crippen molar-refractivity contribution in [3.8, 4) is 0 Å². The number of carbonyl (C=O) groups excluding carboxylic acids is 2. The minimum atomic E-state index is -4.55. The third kappa shape index (κ3) is 5.41. The van der Waals surface area contributed by atoms with Gasteiger partial charge in [-0.2, -0.15) is 13.2 Å². The summed E-state index contributed by atoms with van der Waals surface area (Å²) in [6.07, 6.45) is -3.57. The summed E-state index contributed by atoms with van der Waals surface area (Å²) in [5.74, 6) is -3.58. The number of nitrogens with zero attached hydrogens (tertiary/aromatic N) is 2. The fourth-order valence-corrected chi connectivity index (χ4v) is 3.88. The predicted molar refractivity (Wildman–Crippen MR) is 101 cm³/mol. The molecule has 7 nitrogen and oxygen atoms in total. The van der Waals surface area contributed by atoms with Gasteiger partial charge in [0.2, 0.25) is 11.8 Å². The van der Waals surface area contributed by atoms with Crippen LogP contribution in [0.25, 0.3) is 0 Å². The summed E-state index contributed by atoms with van der Waals surface area (Å²) >= 11 is 0. The molecule has 12 heteroatoms. The third-order valence-corrected chi connectivity index (χ3v) is 5.89. The molecule has 3 rings (SSSR count). The van der Waals surface area contributed by atoms with Gasteiger partial charge in [0.05, 0.1) is 18.6 Å². The average Bonchev–Trinajstić information content (AvgIpc) is 3.09. The van der Waals surface area contributed by atoms with Crippen molar-refractivity contribution in [2.24, 2.45) is 11.7 Å². The molecular formula is C19H24F5N5O2. The summed E-state index contributed by atoms with van der Waals surface area (Å²) in [7, 11) is 0. The number of nitrogens with one attached hydrogen (secondary N) is 2. The van der Waals surface area contributed by atoms with E-state index < -0.39 is 48.7 Å². The topological polar surface area (TPSA) is 100 Å². The lowest BCUT2D eigenvalue weighted by molar-refractivity contribution is -0.150. The largest absolute Gasteiger partial charge is 0.410 e. The Bertz CT molecular complexity index is 824. The third-order valence-electron chi connectivity index (χ3n) is 5.89. The van der Waals surface area contributed by atoms with Crippen molar-refractivity contribution in [3.05, 3.63) is 23.9 Å². The minimum absolute atomic E-state index is 0.109. The number of urea groups is 1. The molecule has 1 aromatic heterocycles. The van der Waals surface area contributed by atoms with Gasteiger partial charge in [-0.05, 0) is 43.4 Å². The van der Waals surface area contributed by atoms with Gasteiger partial charge in [0.15, 0.2) is 0 Å². The Balaban J connectivity index is 1.63. The predicted octanol–water partition coefficient (Wildman–Crippen LogP) is 3.19. The van der Waals surface area contributed by atoms with Crippen LogP contribution in [0, 0.1) is 5.92 Å². The van der Waals surface area contributed by atoms with Crippen molar-refractivity contribution >= 4 is 17.8 Å². The molecule has 31 heavy (non-hydrogen) atoms. The Morgan fingerprint density at radius 1 is 1.35 bits per heavy atom. The molecule has 4 N–H and O–H groups in total. The van der Waals surface area contributed by atoms with E-state index in [2.05, 4.69) is 10.3 Å². The van der Waals surface area contributed by atoms with Crippen LogP contribution < -0.4 is 16.4 Å². The van der Waals surface area contributed by atoms with Crippen LogP contribution in [0.2, 0.25) is 0 Å². The van der Waals surface area contributed by atoms with Gasteiger partial charge in [-0.1, -0.05) is 0 Å². The van der Waals surface area contributed by atoms with E-state index in [0.717, 1.165) is 4.90 Å². The lowest BCUT2D eigenvalue weighted by atomic mass is 9.82. The van der Waals surface area contributed by atoms with Crippen molar-refractivity contribution in [3.63, 3.8) is 0 Å². The maximum atomic E-state index is 13.3. The zero-order chi connectivity index (χ0) is 23.0. The first-order chi connectivity index (χ1) is 14.4. The van der Waals surface area contributed by atoms with Crippen LogP contribution in [0.4, 0.5) is 32.6 Å². The number of alkyl halides is 5. The smallest absolute Gasteiger partial charge is 0.324 e. The van der Waals surface area contributed by atoms with Crippen LogP contribution in [0.1, 0.15) is 44.2 Å². The molecule has 0 unspecified atom stereocenters. The summed E-state index contributed by atoms with van der Waals surface area (Å²) in [6.45, 7) is 1.03. The van der Waals surface area contributed by atoms with E-state index in [4.69, 9.17) is 5.73 Å². The Labute approximate surface area is 175 Å². The molecule has 2 fully saturated rings. The van der Waals surface area contributed by atoms with Crippen molar-refractivity contribution in [1.82, 2.24) is 15.2 Å². The molecule has 1 saturated heterocycles. The van der Waals surface area contributed by atoms with Gasteiger partial charge in [-0.15, -0.1) is 0 Å². The highest BCUT2D eigenvalue weighted by Gasteiger charge is 2.48. The van der Waals surface area contributed by atoms with Crippen LogP contribution in [0.15, 0.2) is 18.3 Å². The highest BCUT2D eigenvalue weighted by molar-refractivity contribution is 5.94. The second-order valence-electron chi connectivity index (χ2n) is 8.05. The first kappa shape index (κ1) is 23.2. The zero-order valence-electron chi connectivity index (χ0n) is 16.8. The molecule has 1 aliphatic carbocycles. The summed E-state index contributed by atoms with van der Waals surface area (Å²) in [6, 6.07) is -1.52. The number of hydrogen-bond donors (Lipinski definition) is 3. The van der Waals surface area contributed by atoms with Gasteiger partial charge < -0.3 is 21.3 Å². The molecule has 0 bridgehead atoms. The number of hydrogen-bond acceptors (Lipinski definition) is 4. The Kier molecular flexibility index (Phi) is 6.40. The number of aromatic nitrogens is 1. The summed E-state index contributed by atoms with van der Waals surface area (Å²) in [5, 5.41) is 4.43. The molecule has 0 aromatic carbocycles. The van der Waals surface area contributed by atoms with E-state index in [0.29, 0.717) is 5.56 Å². The molecular weight excluding hydrogens is 425 g/mol. The highest BCUT2D eigenvalue weighted by Crippen LogP contribution is 2.37. The molecule has 2 aliphatic rings. The maximum absolute atomic E-state index is 13.3. The minimum Gasteiger partial charge on any atom is -0.324 e. The first-order valence-corrected chi connectivity index (χ1v) is 9.91. The fraction of sp³-hybridized carbons (Fsp3) is 0.632. The highest BCUT2D eigenvalue weighted by atomic mass is 19.4. The van der Waals surface area contributed by atoms with Gasteiger partial charge in [0, 0.05) is 19.0 Å². The number of carbonyl (C=O) groups is 2. The number of amides is 3. The van der Waals surface area contributed by atoms with Gasteiger partial charge in [0.1, 0.15) is 11.9 Å². The zero-order valence-corrected chi connectivity index (χ0v) is 16.8. The fourth-order valence-electron chi connectivity index (χ4n) is 3.88. The molecule has 172 valence electrons. The Morgan fingerprint density at radius 3 is 2.58 bits per heavy atom. The number of halogens is 5. The Hall–Kier alpha value is -2.50. The molecule has 3 amide bonds. The van der Waals surface area contributed by atoms with Crippen LogP contribution in [0.5, 0.6) is 0 Å². The van der Waals surface area contributed by atoms with E-state index in [1.165, 1.54) is 18.3 Å². The van der Waals surface area contributed by atoms with Crippen molar-refractivity contribution in [2.75, 3.05) is 11.9 Å². The lowest BCUT2D eigenvalue weighted by Gasteiger charge is -2.31. The van der Waals surface area contributed by atoms with Gasteiger partial charge in [-0.3, -0.25) is 4.79 Å². The van der Waals surface area contributed by atoms with Gasteiger partial charge in [-0.25, -0.2) is 18.6 Å². The second kappa shape index (κ2) is 8.56. The maximum Gasteiger partial charge on any atom is 0.410 e. The van der Waals surface area contributed by atoms with Crippen molar-refractivity contribution in [1.29, 1.82) is 0 Å². The summed E-state index contributed by atoms with van der Waals surface area (Å²) < 4.78 is 65.3. The quantitative estimate of drug-likeness (QED) is 0.601. The standard InChI is InChI=1S/C19H24F5N5O2/c1-10(29-9-13(19(22,23)24)27-17(29)31)12-4-7-26-14(8-12)28-16(30)15(25)11-2-5-18(20,21)6-3-11/h4,7-8,10-11,13,15H,2-3,5-6,9,25H2,1H3,(H,27,31)(H,26,28,30)/t10-,13+,15+/m1/s1. The van der Waals surface area contributed by atoms with Crippen LogP contribution in [-0.2, 0) is 4.79 Å². The van der Waals surface area contributed by atoms with E-state index in [1.807, 2.05) is 5.32 Å². The van der Waals surface area contributed by atoms with Crippen LogP contribution in [-0.4, -0.2) is 52.5 Å².